The first-order valence-electron chi connectivity index (χ1n) is 25.0. The summed E-state index contributed by atoms with van der Waals surface area (Å²) in [5, 5.41) is 91.4. The number of furan rings is 1. The highest BCUT2D eigenvalue weighted by Crippen LogP contribution is 2.85. The predicted octanol–water partition coefficient (Wildman–Crippen LogP) is 17.3. The number of oxime groups is 1. The van der Waals surface area contributed by atoms with Gasteiger partial charge in [0.15, 0.2) is 5.76 Å². The molecule has 3 nitrogen and oxygen atoms in total. The van der Waals surface area contributed by atoms with Crippen LogP contribution in [-0.4, -0.2) is 5.71 Å². The molecule has 0 amide bonds. The minimum absolute atomic E-state index is 0.726. The molecule has 2 heterocycles. The normalized spacial score (nSPS) is 22.7. The molecule has 34 rings (SSSR count). The SMILES string of the molecule is c1coc(C2=NOC34c5c6c7c8c9c%10c(c%11c%12c3c3c5c5c%13c6c6c7c7c9c9c%14c%10c%10c%11c%11c%12c%12c3c3c5c5c%13c%13c6c6c7c9c7c9c%14c%10c%10c%11c%11c%12c3c3c5c5c%13c6c7c6c9c%10c%11c3c56)C284)c1. The summed E-state index contributed by atoms with van der Waals surface area (Å²) >= 11 is 0. The van der Waals surface area contributed by atoms with Crippen molar-refractivity contribution in [2.24, 2.45) is 5.16 Å². The Balaban J connectivity index is 1.22. The Labute approximate surface area is 366 Å². The van der Waals surface area contributed by atoms with E-state index in [-0.39, 0.29) is 0 Å². The fourth-order valence-corrected chi connectivity index (χ4v) is 24.6. The minimum atomic E-state index is -0.875. The Bertz CT molecular complexity index is 7170. The van der Waals surface area contributed by atoms with Crippen LogP contribution in [-0.2, 0) is 15.9 Å². The first-order chi connectivity index (χ1) is 33.9. The van der Waals surface area contributed by atoms with Crippen LogP contribution in [0.3, 0.4) is 0 Å². The Morgan fingerprint density at radius 1 is 0.250 bits per heavy atom. The summed E-state index contributed by atoms with van der Waals surface area (Å²) in [6.07, 6.45) is 1.88. The van der Waals surface area contributed by atoms with Gasteiger partial charge in [-0.25, -0.2) is 0 Å². The highest BCUT2D eigenvalue weighted by molar-refractivity contribution is 6.82. The molecule has 0 N–H and O–H groups in total. The van der Waals surface area contributed by atoms with Crippen LogP contribution in [0.5, 0.6) is 0 Å². The predicted molar refractivity (Wildman–Crippen MR) is 280 cm³/mol. The van der Waals surface area contributed by atoms with Crippen LogP contribution in [0, 0.1) is 0 Å². The monoisotopic (exact) mass is 829 g/mol. The van der Waals surface area contributed by atoms with Crippen molar-refractivity contribution < 1.29 is 9.25 Å². The van der Waals surface area contributed by atoms with Gasteiger partial charge >= 0.3 is 0 Å². The molecule has 0 bridgehead atoms. The molecule has 5 aliphatic rings. The van der Waals surface area contributed by atoms with Crippen molar-refractivity contribution in [2.45, 2.75) is 11.0 Å². The van der Waals surface area contributed by atoms with Crippen molar-refractivity contribution in [3.05, 3.63) is 46.4 Å². The zero-order chi connectivity index (χ0) is 39.9. The van der Waals surface area contributed by atoms with Gasteiger partial charge in [-0.1, -0.05) is 5.16 Å². The average Bonchev–Trinajstić information content (AvgIpc) is 4.26. The topological polar surface area (TPSA) is 34.7 Å². The second kappa shape index (κ2) is 5.32. The largest absolute Gasteiger partial charge is 0.463 e. The molecule has 29 aromatic rings. The van der Waals surface area contributed by atoms with Gasteiger partial charge in [0, 0.05) is 11.1 Å². The van der Waals surface area contributed by atoms with Gasteiger partial charge in [0.05, 0.1) is 6.26 Å². The van der Waals surface area contributed by atoms with Gasteiger partial charge in [-0.15, -0.1) is 0 Å². The second-order valence-corrected chi connectivity index (χ2v) is 24.7. The van der Waals surface area contributed by atoms with Crippen LogP contribution < -0.4 is 0 Å². The van der Waals surface area contributed by atoms with E-state index in [1.54, 1.807) is 248 Å². The maximum Gasteiger partial charge on any atom is 0.209 e. The van der Waals surface area contributed by atoms with E-state index in [1.807, 2.05) is 6.26 Å². The molecule has 3 heteroatoms. The summed E-state index contributed by atoms with van der Waals surface area (Å²) < 4.78 is 6.75. The smallest absolute Gasteiger partial charge is 0.209 e. The fourth-order valence-electron chi connectivity index (χ4n) is 24.6. The maximum absolute atomic E-state index is 8.00. The van der Waals surface area contributed by atoms with Gasteiger partial charge in [-0.3, -0.25) is 0 Å². The van der Waals surface area contributed by atoms with Gasteiger partial charge < -0.3 is 9.25 Å². The molecule has 68 heavy (non-hydrogen) atoms. The Hall–Kier alpha value is -8.79. The van der Waals surface area contributed by atoms with Crippen LogP contribution in [0.4, 0.5) is 0 Å². The summed E-state index contributed by atoms with van der Waals surface area (Å²) in [6.45, 7) is 0. The molecule has 1 aliphatic heterocycles. The molecule has 0 fully saturated rings. The van der Waals surface area contributed by atoms with Crippen LogP contribution in [0.2, 0.25) is 0 Å². The fraction of sp³-hybridized carbons (Fsp3) is 0.0308. The lowest BCUT2D eigenvalue weighted by Crippen LogP contribution is -2.54. The lowest BCUT2D eigenvalue weighted by molar-refractivity contribution is -0.0122. The molecular formula is C65H3NO2. The number of rotatable bonds is 1. The van der Waals surface area contributed by atoms with Crippen LogP contribution in [0.25, 0.3) is 291 Å². The van der Waals surface area contributed by atoms with Crippen molar-refractivity contribution in [3.8, 4) is 0 Å². The zero-order valence-corrected chi connectivity index (χ0v) is 34.0. The molecule has 4 aliphatic carbocycles. The standard InChI is InChI=1S/C65H3NO2/c1-2-4(67-3-1)63-64-59-51-43-33-23-15-7-5-6-9-13-11(7)19-27-21(13)31-25-17(9)18-10(6)14-12-8(5)16(15)24-30-20(12)28-22(14)32-26(18)36-35(25)47-41(31)49-39(27)45(37(43)29(19)23)53(59)55(49)61-57(47)58-48(36)42(32)50-40(28)46-38(30)44(34(24)33)52(51)60(64)54(46)56(50)62(58)65(61,64)68-66-63/h1-3H. The van der Waals surface area contributed by atoms with Gasteiger partial charge in [-0.05, 0) is 314 Å². The van der Waals surface area contributed by atoms with Gasteiger partial charge in [-0.2, -0.15) is 0 Å². The van der Waals surface area contributed by atoms with E-state index in [0.717, 1.165) is 11.5 Å². The van der Waals surface area contributed by atoms with Gasteiger partial charge in [0.25, 0.3) is 0 Å². The third kappa shape index (κ3) is 1.21. The molecule has 0 atom stereocenters. The highest BCUT2D eigenvalue weighted by atomic mass is 16.7. The van der Waals surface area contributed by atoms with Crippen LogP contribution in [0.1, 0.15) is 28.0 Å². The van der Waals surface area contributed by atoms with Crippen molar-refractivity contribution in [1.82, 2.24) is 0 Å². The summed E-state index contributed by atoms with van der Waals surface area (Å²) in [7, 11) is 0. The molecule has 1 aromatic heterocycles. The second-order valence-electron chi connectivity index (χ2n) is 24.7. The molecule has 2 spiro atoms. The minimum Gasteiger partial charge on any atom is -0.463 e. The van der Waals surface area contributed by atoms with Crippen molar-refractivity contribution >= 4 is 297 Å². The lowest BCUT2D eigenvalue weighted by Gasteiger charge is -2.47. The van der Waals surface area contributed by atoms with E-state index in [9.17, 15) is 0 Å². The number of hydrogen-bond acceptors (Lipinski definition) is 3. The molecule has 0 radical (unpaired) electrons. The molecule has 280 valence electrons. The highest BCUT2D eigenvalue weighted by Gasteiger charge is 2.77. The Kier molecular flexibility index (Phi) is 1.89. The Morgan fingerprint density at radius 2 is 0.456 bits per heavy atom. The van der Waals surface area contributed by atoms with E-state index in [4.69, 9.17) is 14.4 Å². The van der Waals surface area contributed by atoms with E-state index >= 15 is 0 Å². The summed E-state index contributed by atoms with van der Waals surface area (Å²) in [5.41, 5.74) is 5.34. The third-order valence-electron chi connectivity index (χ3n) is 24.6. The van der Waals surface area contributed by atoms with Crippen molar-refractivity contribution in [1.29, 1.82) is 0 Å². The number of benzene rings is 18. The summed E-state index contributed by atoms with van der Waals surface area (Å²) in [4.78, 5) is 8.00. The summed E-state index contributed by atoms with van der Waals surface area (Å²) in [5.74, 6) is 0.861. The van der Waals surface area contributed by atoms with Crippen LogP contribution in [0.15, 0.2) is 28.0 Å². The molecule has 28 aromatic carbocycles. The first-order valence-corrected chi connectivity index (χ1v) is 25.0. The van der Waals surface area contributed by atoms with Crippen LogP contribution >= 0.6 is 0 Å². The zero-order valence-electron chi connectivity index (χ0n) is 34.0. The van der Waals surface area contributed by atoms with E-state index in [1.165, 1.54) is 65.3 Å². The van der Waals surface area contributed by atoms with E-state index in [2.05, 4.69) is 12.1 Å². The average molecular weight is 830 g/mol. The number of hydrogen-bond donors (Lipinski definition) is 0. The van der Waals surface area contributed by atoms with Crippen molar-refractivity contribution in [3.63, 3.8) is 0 Å². The molecule has 0 saturated heterocycles. The maximum atomic E-state index is 8.00. The molecule has 0 unspecified atom stereocenters. The van der Waals surface area contributed by atoms with E-state index < -0.39 is 11.0 Å². The number of nitrogens with zero attached hydrogens (tertiary/aromatic N) is 1. The van der Waals surface area contributed by atoms with Gasteiger partial charge in [0.2, 0.25) is 5.60 Å². The molecule has 0 saturated carbocycles. The third-order valence-corrected chi connectivity index (χ3v) is 24.6. The van der Waals surface area contributed by atoms with Crippen molar-refractivity contribution in [2.75, 3.05) is 0 Å². The van der Waals surface area contributed by atoms with Gasteiger partial charge in [0.1, 0.15) is 11.1 Å². The lowest BCUT2D eigenvalue weighted by atomic mass is 9.53. The summed E-state index contributed by atoms with van der Waals surface area (Å²) in [6, 6.07) is 4.29. The van der Waals surface area contributed by atoms with E-state index in [0.29, 0.717) is 0 Å². The quantitative estimate of drug-likeness (QED) is 0.155. The molecular weight excluding hydrogens is 827 g/mol. The first kappa shape index (κ1) is 24.1. The Morgan fingerprint density at radius 3 is 0.662 bits per heavy atom.